The van der Waals surface area contributed by atoms with Crippen molar-refractivity contribution in [3.05, 3.63) is 77.2 Å². The molecule has 180 valence electrons. The number of benzene rings is 2. The third-order valence-corrected chi connectivity index (χ3v) is 6.51. The summed E-state index contributed by atoms with van der Waals surface area (Å²) in [5.74, 6) is 0.948. The largest absolute Gasteiger partial charge is 0.396 e. The molecule has 1 aromatic heterocycles. The molecule has 5 rings (SSSR count). The quantitative estimate of drug-likeness (QED) is 0.524. The van der Waals surface area contributed by atoms with Crippen molar-refractivity contribution >= 4 is 17.3 Å². The van der Waals surface area contributed by atoms with Crippen LogP contribution in [0.3, 0.4) is 0 Å². The normalized spacial score (nSPS) is 19.4. The number of nitrogens with zero attached hydrogens (tertiary/aromatic N) is 4. The minimum absolute atomic E-state index is 0.0291. The van der Waals surface area contributed by atoms with Gasteiger partial charge in [-0.15, -0.1) is 0 Å². The van der Waals surface area contributed by atoms with E-state index < -0.39 is 0 Å². The highest BCUT2D eigenvalue weighted by Gasteiger charge is 2.25. The molecule has 0 bridgehead atoms. The van der Waals surface area contributed by atoms with Crippen molar-refractivity contribution in [2.24, 2.45) is 4.99 Å². The summed E-state index contributed by atoms with van der Waals surface area (Å²) >= 11 is 0. The molecule has 3 heterocycles. The van der Waals surface area contributed by atoms with Gasteiger partial charge in [-0.1, -0.05) is 36.4 Å². The number of anilines is 1. The van der Waals surface area contributed by atoms with E-state index in [9.17, 15) is 4.79 Å². The first-order valence-corrected chi connectivity index (χ1v) is 12.2. The molecule has 0 amide bonds. The maximum absolute atomic E-state index is 12.2. The summed E-state index contributed by atoms with van der Waals surface area (Å²) in [6, 6.07) is 16.1. The Labute approximate surface area is 205 Å². The van der Waals surface area contributed by atoms with E-state index in [4.69, 9.17) is 14.8 Å². The molecule has 1 N–H and O–H groups in total. The van der Waals surface area contributed by atoms with Gasteiger partial charge in [-0.2, -0.15) is 0 Å². The van der Waals surface area contributed by atoms with Crippen LogP contribution >= 0.6 is 0 Å². The number of fused-ring (bicyclic) bond motifs is 1. The highest BCUT2D eigenvalue weighted by Crippen LogP contribution is 2.29. The van der Waals surface area contributed by atoms with Crippen molar-refractivity contribution in [1.82, 2.24) is 9.97 Å². The van der Waals surface area contributed by atoms with Crippen molar-refractivity contribution < 1.29 is 14.6 Å². The Morgan fingerprint density at radius 2 is 1.77 bits per heavy atom. The summed E-state index contributed by atoms with van der Waals surface area (Å²) in [6.45, 7) is 6.43. The number of aliphatic imine (C=N–C) groups is 1. The van der Waals surface area contributed by atoms with Gasteiger partial charge in [0, 0.05) is 43.3 Å². The number of hydrogen-bond donors (Lipinski definition) is 1. The van der Waals surface area contributed by atoms with Crippen molar-refractivity contribution in [3.8, 4) is 11.1 Å². The van der Waals surface area contributed by atoms with Gasteiger partial charge in [0.2, 0.25) is 0 Å². The Balaban J connectivity index is 1.39. The molecule has 0 radical (unpaired) electrons. The molecule has 35 heavy (non-hydrogen) atoms. The van der Waals surface area contributed by atoms with Crippen LogP contribution in [0, 0.1) is 0 Å². The molecule has 0 aliphatic carbocycles. The van der Waals surface area contributed by atoms with Crippen molar-refractivity contribution in [3.63, 3.8) is 0 Å². The van der Waals surface area contributed by atoms with Crippen LogP contribution in [-0.4, -0.2) is 58.5 Å². The van der Waals surface area contributed by atoms with E-state index in [0.717, 1.165) is 47.0 Å². The van der Waals surface area contributed by atoms with Crippen LogP contribution in [0.4, 0.5) is 5.82 Å². The number of aliphatic hydroxyl groups excluding tert-OH is 1. The molecule has 3 aromatic rings. The zero-order chi connectivity index (χ0) is 24.4. The Bertz CT molecular complexity index is 1250. The second-order valence-corrected chi connectivity index (χ2v) is 9.29. The Morgan fingerprint density at radius 1 is 1.03 bits per heavy atom. The van der Waals surface area contributed by atoms with Gasteiger partial charge < -0.3 is 14.7 Å². The molecule has 2 aromatic carbocycles. The number of ketones is 1. The lowest BCUT2D eigenvalue weighted by Crippen LogP contribution is -2.45. The van der Waals surface area contributed by atoms with Gasteiger partial charge in [-0.25, -0.2) is 9.97 Å². The summed E-state index contributed by atoms with van der Waals surface area (Å²) in [6.07, 6.45) is 2.77. The molecule has 7 nitrogen and oxygen atoms in total. The van der Waals surface area contributed by atoms with E-state index in [2.05, 4.69) is 46.9 Å². The molecule has 2 aliphatic rings. The zero-order valence-corrected chi connectivity index (χ0v) is 20.1. The smallest absolute Gasteiger partial charge is 0.162 e. The first-order chi connectivity index (χ1) is 17.0. The lowest BCUT2D eigenvalue weighted by Gasteiger charge is -2.36. The molecular formula is C28H30N4O3. The standard InChI is InChI=1S/C28H30N4O3/c1-18-15-32(16-19(2)35-18)27-13-25(30-17-31-27)28-24-12-22(9-10-23(24)14-29-28)20-5-7-21(8-6-20)26(34)4-3-11-33/h5-10,12-13,17-19,33H,3-4,11,14-16H2,1-2H3/t18-,19+. The number of aromatic nitrogens is 2. The van der Waals surface area contributed by atoms with Crippen LogP contribution in [0.2, 0.25) is 0 Å². The van der Waals surface area contributed by atoms with Crippen LogP contribution in [-0.2, 0) is 11.3 Å². The minimum atomic E-state index is 0.0291. The number of carbonyl (C=O) groups excluding carboxylic acids is 1. The van der Waals surface area contributed by atoms with E-state index in [1.807, 2.05) is 30.3 Å². The van der Waals surface area contributed by atoms with Crippen LogP contribution in [0.1, 0.15) is 53.9 Å². The molecule has 7 heteroatoms. The molecular weight excluding hydrogens is 440 g/mol. The van der Waals surface area contributed by atoms with Crippen LogP contribution < -0.4 is 4.90 Å². The van der Waals surface area contributed by atoms with E-state index in [-0.39, 0.29) is 24.6 Å². The predicted molar refractivity (Wildman–Crippen MR) is 136 cm³/mol. The number of ether oxygens (including phenoxy) is 1. The summed E-state index contributed by atoms with van der Waals surface area (Å²) in [7, 11) is 0. The van der Waals surface area contributed by atoms with E-state index in [1.54, 1.807) is 6.33 Å². The van der Waals surface area contributed by atoms with Crippen molar-refractivity contribution in [1.29, 1.82) is 0 Å². The highest BCUT2D eigenvalue weighted by atomic mass is 16.5. The molecule has 0 spiro atoms. The second-order valence-electron chi connectivity index (χ2n) is 9.29. The first-order valence-electron chi connectivity index (χ1n) is 12.2. The predicted octanol–water partition coefficient (Wildman–Crippen LogP) is 4.06. The number of Topliss-reactive ketones (excluding diaryl/α,β-unsaturated/α-hetero) is 1. The summed E-state index contributed by atoms with van der Waals surface area (Å²) in [5.41, 5.74) is 6.74. The molecule has 1 saturated heterocycles. The van der Waals surface area contributed by atoms with Crippen LogP contribution in [0.15, 0.2) is 59.9 Å². The molecule has 0 unspecified atom stereocenters. The second kappa shape index (κ2) is 10.1. The van der Waals surface area contributed by atoms with E-state index in [0.29, 0.717) is 24.9 Å². The van der Waals surface area contributed by atoms with Crippen LogP contribution in [0.5, 0.6) is 0 Å². The van der Waals surface area contributed by atoms with E-state index in [1.165, 1.54) is 5.56 Å². The van der Waals surface area contributed by atoms with Gasteiger partial charge >= 0.3 is 0 Å². The Hall–Kier alpha value is -3.42. The number of carbonyl (C=O) groups is 1. The highest BCUT2D eigenvalue weighted by molar-refractivity contribution is 6.14. The molecule has 2 atom stereocenters. The maximum atomic E-state index is 12.2. The third kappa shape index (κ3) is 5.01. The average Bonchev–Trinajstić information content (AvgIpc) is 3.30. The van der Waals surface area contributed by atoms with Crippen LogP contribution in [0.25, 0.3) is 11.1 Å². The molecule has 0 saturated carbocycles. The van der Waals surface area contributed by atoms with Gasteiger partial charge in [-0.3, -0.25) is 9.79 Å². The van der Waals surface area contributed by atoms with Crippen molar-refractivity contribution in [2.75, 3.05) is 24.6 Å². The Kier molecular flexibility index (Phi) is 6.70. The number of rotatable bonds is 7. The summed E-state index contributed by atoms with van der Waals surface area (Å²) in [4.78, 5) is 28.4. The monoisotopic (exact) mass is 470 g/mol. The number of morpholine rings is 1. The first kappa shape index (κ1) is 23.3. The van der Waals surface area contributed by atoms with Gasteiger partial charge in [0.25, 0.3) is 0 Å². The Morgan fingerprint density at radius 3 is 2.51 bits per heavy atom. The fraction of sp³-hybridized carbons (Fsp3) is 0.357. The fourth-order valence-corrected chi connectivity index (χ4v) is 4.83. The lowest BCUT2D eigenvalue weighted by atomic mass is 9.95. The fourth-order valence-electron chi connectivity index (χ4n) is 4.83. The third-order valence-electron chi connectivity index (χ3n) is 6.51. The van der Waals surface area contributed by atoms with Gasteiger partial charge in [0.05, 0.1) is 30.2 Å². The molecule has 1 fully saturated rings. The number of aliphatic hydroxyl groups is 1. The van der Waals surface area contributed by atoms with Gasteiger partial charge in [0.15, 0.2) is 5.78 Å². The minimum Gasteiger partial charge on any atom is -0.396 e. The van der Waals surface area contributed by atoms with Gasteiger partial charge in [0.1, 0.15) is 12.1 Å². The molecule has 2 aliphatic heterocycles. The maximum Gasteiger partial charge on any atom is 0.162 e. The van der Waals surface area contributed by atoms with Crippen molar-refractivity contribution in [2.45, 2.75) is 45.4 Å². The van der Waals surface area contributed by atoms with Gasteiger partial charge in [-0.05, 0) is 43.0 Å². The summed E-state index contributed by atoms with van der Waals surface area (Å²) < 4.78 is 5.87. The topological polar surface area (TPSA) is 87.9 Å². The summed E-state index contributed by atoms with van der Waals surface area (Å²) in [5, 5.41) is 8.96. The zero-order valence-electron chi connectivity index (χ0n) is 20.1. The van der Waals surface area contributed by atoms with E-state index >= 15 is 0 Å². The lowest BCUT2D eigenvalue weighted by molar-refractivity contribution is -0.00547. The number of hydrogen-bond acceptors (Lipinski definition) is 7. The SMILES string of the molecule is C[C@@H]1CN(c2cc(C3=NCc4ccc(-c5ccc(C(=O)CCCO)cc5)cc43)ncn2)C[C@H](C)O1. The average molecular weight is 471 g/mol.